The van der Waals surface area contributed by atoms with E-state index in [2.05, 4.69) is 15.3 Å². The number of imidazole rings is 1. The van der Waals surface area contributed by atoms with Crippen LogP contribution in [0, 0.1) is 5.41 Å². The van der Waals surface area contributed by atoms with Gasteiger partial charge in [0, 0.05) is 23.5 Å². The number of hydrogen-bond acceptors (Lipinski definition) is 6. The minimum Gasteiger partial charge on any atom is -0.384 e. The average Bonchev–Trinajstić information content (AvgIpc) is 3.13. The Balaban J connectivity index is 1.48. The third-order valence-electron chi connectivity index (χ3n) is 4.95. The number of benzene rings is 2. The molecule has 2 amide bonds. The Morgan fingerprint density at radius 1 is 1.19 bits per heavy atom. The normalized spacial score (nSPS) is 17.5. The molecule has 31 heavy (non-hydrogen) atoms. The third-order valence-corrected chi connectivity index (χ3v) is 4.95. The van der Waals surface area contributed by atoms with E-state index in [1.54, 1.807) is 30.3 Å². The fourth-order valence-corrected chi connectivity index (χ4v) is 3.36. The lowest BCUT2D eigenvalue weighted by molar-refractivity contribution is -0.150. The summed E-state index contributed by atoms with van der Waals surface area (Å²) in [6.07, 6.45) is -3.12. The molecule has 4 rings (SSSR count). The Morgan fingerprint density at radius 3 is 2.61 bits per heavy atom. The maximum absolute atomic E-state index is 12.9. The number of nitrogens with one attached hydrogen (secondary N) is 4. The number of rotatable bonds is 5. The van der Waals surface area contributed by atoms with Crippen LogP contribution in [-0.4, -0.2) is 58.1 Å². The van der Waals surface area contributed by atoms with Gasteiger partial charge in [0.25, 0.3) is 11.8 Å². The van der Waals surface area contributed by atoms with E-state index in [0.29, 0.717) is 28.0 Å². The van der Waals surface area contributed by atoms with Crippen LogP contribution in [-0.2, 0) is 14.3 Å². The van der Waals surface area contributed by atoms with Crippen molar-refractivity contribution in [3.63, 3.8) is 0 Å². The van der Waals surface area contributed by atoms with Gasteiger partial charge in [0.1, 0.15) is 5.84 Å². The lowest BCUT2D eigenvalue weighted by atomic mass is 10.1. The van der Waals surface area contributed by atoms with Gasteiger partial charge in [0.05, 0.1) is 17.6 Å². The van der Waals surface area contributed by atoms with Crippen LogP contribution in [0.2, 0.25) is 0 Å². The number of ether oxygens (including phenoxy) is 1. The number of aromatic amines is 2. The molecule has 11 heteroatoms. The van der Waals surface area contributed by atoms with E-state index in [0.717, 1.165) is 0 Å². The van der Waals surface area contributed by atoms with Crippen molar-refractivity contribution in [3.05, 3.63) is 58.5 Å². The molecule has 1 saturated heterocycles. The number of nitrogens with zero attached hydrogens (tertiary/aromatic N) is 1. The first-order valence-corrected chi connectivity index (χ1v) is 9.42. The molecule has 0 radical (unpaired) electrons. The molecule has 7 N–H and O–H groups in total. The van der Waals surface area contributed by atoms with Crippen LogP contribution in [0.25, 0.3) is 11.0 Å². The predicted octanol–water partition coefficient (Wildman–Crippen LogP) is -0.128. The lowest BCUT2D eigenvalue weighted by Crippen LogP contribution is -2.55. The van der Waals surface area contributed by atoms with Crippen LogP contribution < -0.4 is 21.6 Å². The van der Waals surface area contributed by atoms with Crippen LogP contribution in [0.5, 0.6) is 0 Å². The zero-order valence-electron chi connectivity index (χ0n) is 16.2. The monoisotopic (exact) mass is 424 g/mol. The first-order valence-electron chi connectivity index (χ1n) is 9.42. The smallest absolute Gasteiger partial charge is 0.323 e. The second kappa shape index (κ2) is 8.05. The molecule has 1 aliphatic heterocycles. The highest BCUT2D eigenvalue weighted by Crippen LogP contribution is 2.23. The fraction of sp³-hybridized carbons (Fsp3) is 0.200. The molecular formula is C20H20N6O5. The van der Waals surface area contributed by atoms with Crippen molar-refractivity contribution in [1.29, 1.82) is 5.41 Å². The number of H-pyrrole nitrogens is 2. The van der Waals surface area contributed by atoms with Crippen molar-refractivity contribution in [2.24, 2.45) is 5.73 Å². The second-order valence-corrected chi connectivity index (χ2v) is 7.02. The number of carbonyl (C=O) groups is 2. The zero-order chi connectivity index (χ0) is 22.1. The first-order chi connectivity index (χ1) is 14.8. The van der Waals surface area contributed by atoms with Crippen molar-refractivity contribution in [1.82, 2.24) is 9.97 Å². The van der Waals surface area contributed by atoms with Gasteiger partial charge in [-0.3, -0.25) is 15.0 Å². The van der Waals surface area contributed by atoms with Crippen molar-refractivity contribution in [3.8, 4) is 0 Å². The standard InChI is InChI=1S/C20H20N6O5/c21-17(22)10-1-3-11(4-2-10)23-18(28)15(27)16-19(29)26(7-8-31-16)12-5-6-13-14(9-12)25-20(30)24-13/h1-6,9,15-16,27H,7-8H2,(H3,21,22)(H,23,28)(H2,24,25,30). The molecule has 2 atom stereocenters. The topological polar surface area (TPSA) is 177 Å². The van der Waals surface area contributed by atoms with Crippen LogP contribution in [0.15, 0.2) is 47.3 Å². The van der Waals surface area contributed by atoms with Crippen LogP contribution >= 0.6 is 0 Å². The summed E-state index contributed by atoms with van der Waals surface area (Å²) < 4.78 is 5.39. The molecule has 0 spiro atoms. The molecular weight excluding hydrogens is 404 g/mol. The van der Waals surface area contributed by atoms with Crippen molar-refractivity contribution < 1.29 is 19.4 Å². The lowest BCUT2D eigenvalue weighted by Gasteiger charge is -2.34. The number of fused-ring (bicyclic) bond motifs is 1. The summed E-state index contributed by atoms with van der Waals surface area (Å²) in [6, 6.07) is 11.1. The Labute approximate surface area is 175 Å². The summed E-state index contributed by atoms with van der Waals surface area (Å²) in [5.41, 5.74) is 7.53. The highest BCUT2D eigenvalue weighted by molar-refractivity contribution is 6.04. The molecule has 0 bridgehead atoms. The van der Waals surface area contributed by atoms with E-state index < -0.39 is 24.0 Å². The Kier molecular flexibility index (Phi) is 5.28. The van der Waals surface area contributed by atoms with Crippen LogP contribution in [0.4, 0.5) is 11.4 Å². The minimum atomic E-state index is -1.74. The van der Waals surface area contributed by atoms with Gasteiger partial charge in [-0.2, -0.15) is 0 Å². The first kappa shape index (κ1) is 20.3. The van der Waals surface area contributed by atoms with Crippen molar-refractivity contribution in [2.45, 2.75) is 12.2 Å². The van der Waals surface area contributed by atoms with Gasteiger partial charge in [0.2, 0.25) is 0 Å². The number of morpholine rings is 1. The number of aromatic nitrogens is 2. The summed E-state index contributed by atoms with van der Waals surface area (Å²) in [4.78, 5) is 43.5. The largest absolute Gasteiger partial charge is 0.384 e. The fourth-order valence-electron chi connectivity index (χ4n) is 3.36. The zero-order valence-corrected chi connectivity index (χ0v) is 16.2. The molecule has 2 aromatic carbocycles. The van der Waals surface area contributed by atoms with Gasteiger partial charge in [0.15, 0.2) is 12.2 Å². The van der Waals surface area contributed by atoms with Gasteiger partial charge in [-0.25, -0.2) is 4.79 Å². The van der Waals surface area contributed by atoms with E-state index in [-0.39, 0.29) is 24.7 Å². The third kappa shape index (κ3) is 4.04. The predicted molar refractivity (Wildman–Crippen MR) is 113 cm³/mol. The molecule has 3 aromatic rings. The molecule has 2 heterocycles. The van der Waals surface area contributed by atoms with Gasteiger partial charge in [-0.15, -0.1) is 0 Å². The summed E-state index contributed by atoms with van der Waals surface area (Å²) >= 11 is 0. The SMILES string of the molecule is N=C(N)c1ccc(NC(=O)C(O)C2OCCN(c3ccc4[nH]c(=O)[nH]c4c3)C2=O)cc1. The van der Waals surface area contributed by atoms with Crippen LogP contribution in [0.3, 0.4) is 0 Å². The highest BCUT2D eigenvalue weighted by Gasteiger charge is 2.39. The van der Waals surface area contributed by atoms with Gasteiger partial charge in [-0.1, -0.05) is 0 Å². The maximum Gasteiger partial charge on any atom is 0.323 e. The van der Waals surface area contributed by atoms with E-state index in [9.17, 15) is 19.5 Å². The van der Waals surface area contributed by atoms with Gasteiger partial charge >= 0.3 is 5.69 Å². The minimum absolute atomic E-state index is 0.110. The molecule has 2 unspecified atom stereocenters. The molecule has 1 aromatic heterocycles. The molecule has 1 aliphatic rings. The number of aliphatic hydroxyl groups is 1. The molecule has 1 fully saturated rings. The average molecular weight is 424 g/mol. The van der Waals surface area contributed by atoms with E-state index in [1.807, 2.05) is 0 Å². The number of hydrogen-bond donors (Lipinski definition) is 6. The van der Waals surface area contributed by atoms with E-state index in [4.69, 9.17) is 15.9 Å². The van der Waals surface area contributed by atoms with Gasteiger partial charge < -0.3 is 35.8 Å². The number of aliphatic hydroxyl groups excluding tert-OH is 1. The maximum atomic E-state index is 12.9. The van der Waals surface area contributed by atoms with Crippen molar-refractivity contribution in [2.75, 3.05) is 23.4 Å². The Morgan fingerprint density at radius 2 is 1.90 bits per heavy atom. The number of carbonyl (C=O) groups excluding carboxylic acids is 2. The molecule has 160 valence electrons. The highest BCUT2D eigenvalue weighted by atomic mass is 16.5. The summed E-state index contributed by atoms with van der Waals surface area (Å²) in [5.74, 6) is -1.49. The summed E-state index contributed by atoms with van der Waals surface area (Å²) in [6.45, 7) is 0.353. The molecule has 0 saturated carbocycles. The Hall–Kier alpha value is -3.96. The number of nitrogens with two attached hydrogens (primary N) is 1. The quantitative estimate of drug-likeness (QED) is 0.245. The number of amides is 2. The van der Waals surface area contributed by atoms with Gasteiger partial charge in [-0.05, 0) is 42.5 Å². The van der Waals surface area contributed by atoms with E-state index in [1.165, 1.54) is 17.0 Å². The number of nitrogen functional groups attached to an aromatic ring is 1. The Bertz CT molecular complexity index is 1210. The van der Waals surface area contributed by atoms with Crippen molar-refractivity contribution >= 4 is 40.1 Å². The number of amidine groups is 1. The molecule has 0 aliphatic carbocycles. The molecule has 11 nitrogen and oxygen atoms in total. The number of anilines is 2. The second-order valence-electron chi connectivity index (χ2n) is 7.02. The summed E-state index contributed by atoms with van der Waals surface area (Å²) in [7, 11) is 0. The van der Waals surface area contributed by atoms with Crippen LogP contribution in [0.1, 0.15) is 5.56 Å². The summed E-state index contributed by atoms with van der Waals surface area (Å²) in [5, 5.41) is 20.4. The van der Waals surface area contributed by atoms with E-state index >= 15 is 0 Å².